The first-order valence-corrected chi connectivity index (χ1v) is 6.20. The van der Waals surface area contributed by atoms with Crippen LogP contribution in [0.25, 0.3) is 0 Å². The second kappa shape index (κ2) is 6.21. The van der Waals surface area contributed by atoms with E-state index in [1.165, 1.54) is 0 Å². The molecule has 1 saturated heterocycles. The number of carboxylic acid groups (broad SMARTS) is 1. The van der Waals surface area contributed by atoms with Crippen LogP contribution in [0.1, 0.15) is 33.1 Å². The van der Waals surface area contributed by atoms with E-state index in [1.54, 1.807) is 0 Å². The van der Waals surface area contributed by atoms with Crippen LogP contribution in [0.4, 0.5) is 0 Å². The van der Waals surface area contributed by atoms with E-state index in [0.717, 1.165) is 25.9 Å². The van der Waals surface area contributed by atoms with Crippen LogP contribution in [0.3, 0.4) is 0 Å². The third-order valence-corrected chi connectivity index (χ3v) is 3.72. The van der Waals surface area contributed by atoms with E-state index in [2.05, 4.69) is 30.7 Å². The highest BCUT2D eigenvalue weighted by molar-refractivity contribution is 5.66. The predicted octanol–water partition coefficient (Wildman–Crippen LogP) is 1.27. The maximum Gasteiger partial charge on any atom is 0.304 e. The summed E-state index contributed by atoms with van der Waals surface area (Å²) in [5.74, 6) is -0.695. The Morgan fingerprint density at radius 3 is 2.75 bits per heavy atom. The molecule has 1 aliphatic rings. The number of piperidine rings is 1. The van der Waals surface area contributed by atoms with Gasteiger partial charge in [-0.2, -0.15) is 0 Å². The molecule has 0 aromatic carbocycles. The zero-order valence-corrected chi connectivity index (χ0v) is 10.6. The minimum absolute atomic E-state index is 0.258. The fourth-order valence-electron chi connectivity index (χ4n) is 2.43. The van der Waals surface area contributed by atoms with Crippen LogP contribution < -0.4 is 0 Å². The zero-order valence-electron chi connectivity index (χ0n) is 10.6. The van der Waals surface area contributed by atoms with Gasteiger partial charge < -0.3 is 10.0 Å². The molecule has 0 aliphatic carbocycles. The van der Waals surface area contributed by atoms with E-state index in [1.807, 2.05) is 0 Å². The van der Waals surface area contributed by atoms with Crippen LogP contribution in [0, 0.1) is 0 Å². The van der Waals surface area contributed by atoms with E-state index in [4.69, 9.17) is 5.11 Å². The fraction of sp³-hybridized carbons (Fsp3) is 0.917. The van der Waals surface area contributed by atoms with Crippen molar-refractivity contribution in [2.24, 2.45) is 0 Å². The van der Waals surface area contributed by atoms with Gasteiger partial charge in [0.05, 0.1) is 6.42 Å². The molecule has 1 fully saturated rings. The lowest BCUT2D eigenvalue weighted by Gasteiger charge is -2.40. The molecule has 1 rings (SSSR count). The summed E-state index contributed by atoms with van der Waals surface area (Å²) in [6.45, 7) is 7.12. The quantitative estimate of drug-likeness (QED) is 0.769. The standard InChI is InChI=1S/C12H24N2O2/c1-4-14(8-6-12(15)16)11-5-7-13(3)10(2)9-11/h10-11H,4-9H2,1-3H3,(H,15,16). The van der Waals surface area contributed by atoms with Gasteiger partial charge in [0.1, 0.15) is 0 Å². The molecule has 1 heterocycles. The number of carbonyl (C=O) groups is 1. The number of hydrogen-bond acceptors (Lipinski definition) is 3. The number of likely N-dealkylation sites (tertiary alicyclic amines) is 1. The summed E-state index contributed by atoms with van der Waals surface area (Å²) >= 11 is 0. The maximum atomic E-state index is 10.6. The number of aliphatic carboxylic acids is 1. The molecule has 0 aromatic heterocycles. The van der Waals surface area contributed by atoms with Gasteiger partial charge in [-0.3, -0.25) is 9.69 Å². The molecule has 94 valence electrons. The van der Waals surface area contributed by atoms with Gasteiger partial charge >= 0.3 is 5.97 Å². The molecule has 0 radical (unpaired) electrons. The summed E-state index contributed by atoms with van der Waals surface area (Å²) in [6, 6.07) is 1.17. The van der Waals surface area contributed by atoms with Crippen LogP contribution in [-0.2, 0) is 4.79 Å². The van der Waals surface area contributed by atoms with E-state index in [0.29, 0.717) is 18.6 Å². The first kappa shape index (κ1) is 13.5. The molecule has 0 spiro atoms. The lowest BCUT2D eigenvalue weighted by atomic mass is 9.97. The van der Waals surface area contributed by atoms with Gasteiger partial charge in [0.25, 0.3) is 0 Å². The van der Waals surface area contributed by atoms with Crippen molar-refractivity contribution in [3.63, 3.8) is 0 Å². The number of hydrogen-bond donors (Lipinski definition) is 1. The van der Waals surface area contributed by atoms with Crippen molar-refractivity contribution in [1.82, 2.24) is 9.80 Å². The van der Waals surface area contributed by atoms with Crippen molar-refractivity contribution in [1.29, 1.82) is 0 Å². The largest absolute Gasteiger partial charge is 0.481 e. The lowest BCUT2D eigenvalue weighted by molar-refractivity contribution is -0.137. The van der Waals surface area contributed by atoms with Crippen LogP contribution in [0.15, 0.2) is 0 Å². The minimum atomic E-state index is -0.695. The molecule has 2 unspecified atom stereocenters. The molecule has 1 aliphatic heterocycles. The van der Waals surface area contributed by atoms with E-state index in [9.17, 15) is 4.79 Å². The predicted molar refractivity (Wildman–Crippen MR) is 64.6 cm³/mol. The second-order valence-electron chi connectivity index (χ2n) is 4.78. The smallest absolute Gasteiger partial charge is 0.304 e. The highest BCUT2D eigenvalue weighted by atomic mass is 16.4. The molecule has 0 aromatic rings. The van der Waals surface area contributed by atoms with Crippen LogP contribution in [0.5, 0.6) is 0 Å². The number of nitrogens with zero attached hydrogens (tertiary/aromatic N) is 2. The third-order valence-electron chi connectivity index (χ3n) is 3.72. The van der Waals surface area contributed by atoms with Crippen molar-refractivity contribution >= 4 is 5.97 Å². The monoisotopic (exact) mass is 228 g/mol. The topological polar surface area (TPSA) is 43.8 Å². The normalized spacial score (nSPS) is 27.2. The van der Waals surface area contributed by atoms with E-state index in [-0.39, 0.29) is 6.42 Å². The summed E-state index contributed by atoms with van der Waals surface area (Å²) in [5.41, 5.74) is 0. The summed E-state index contributed by atoms with van der Waals surface area (Å²) in [4.78, 5) is 15.3. The molecule has 0 bridgehead atoms. The van der Waals surface area contributed by atoms with Gasteiger partial charge in [0.15, 0.2) is 0 Å². The van der Waals surface area contributed by atoms with Gasteiger partial charge in [-0.1, -0.05) is 6.92 Å². The lowest BCUT2D eigenvalue weighted by Crippen LogP contribution is -2.48. The van der Waals surface area contributed by atoms with E-state index < -0.39 is 5.97 Å². The average molecular weight is 228 g/mol. The number of carboxylic acids is 1. The van der Waals surface area contributed by atoms with Crippen LogP contribution in [-0.4, -0.2) is 59.6 Å². The SMILES string of the molecule is CCN(CCC(=O)O)C1CCN(C)C(C)C1. The molecular formula is C12H24N2O2. The van der Waals surface area contributed by atoms with Crippen molar-refractivity contribution in [2.75, 3.05) is 26.7 Å². The van der Waals surface area contributed by atoms with Gasteiger partial charge in [-0.05, 0) is 39.9 Å². The summed E-state index contributed by atoms with van der Waals surface area (Å²) in [6.07, 6.45) is 2.58. The zero-order chi connectivity index (χ0) is 12.1. The van der Waals surface area contributed by atoms with Crippen molar-refractivity contribution in [3.8, 4) is 0 Å². The molecule has 16 heavy (non-hydrogen) atoms. The van der Waals surface area contributed by atoms with Crippen molar-refractivity contribution in [2.45, 2.75) is 45.2 Å². The summed E-state index contributed by atoms with van der Waals surface area (Å²) in [5, 5.41) is 8.72. The minimum Gasteiger partial charge on any atom is -0.481 e. The number of rotatable bonds is 5. The Hall–Kier alpha value is -0.610. The second-order valence-corrected chi connectivity index (χ2v) is 4.78. The van der Waals surface area contributed by atoms with Gasteiger partial charge in [-0.15, -0.1) is 0 Å². The highest BCUT2D eigenvalue weighted by Gasteiger charge is 2.26. The van der Waals surface area contributed by atoms with Crippen LogP contribution >= 0.6 is 0 Å². The Labute approximate surface area is 98.2 Å². The molecule has 1 N–H and O–H groups in total. The molecule has 0 saturated carbocycles. The fourth-order valence-corrected chi connectivity index (χ4v) is 2.43. The van der Waals surface area contributed by atoms with E-state index >= 15 is 0 Å². The van der Waals surface area contributed by atoms with Crippen molar-refractivity contribution < 1.29 is 9.90 Å². The Morgan fingerprint density at radius 2 is 2.25 bits per heavy atom. The first-order chi connectivity index (χ1) is 7.54. The van der Waals surface area contributed by atoms with Crippen molar-refractivity contribution in [3.05, 3.63) is 0 Å². The Kier molecular flexibility index (Phi) is 5.22. The summed E-state index contributed by atoms with van der Waals surface area (Å²) < 4.78 is 0. The van der Waals surface area contributed by atoms with Crippen LogP contribution in [0.2, 0.25) is 0 Å². The first-order valence-electron chi connectivity index (χ1n) is 6.20. The molecule has 0 amide bonds. The highest BCUT2D eigenvalue weighted by Crippen LogP contribution is 2.20. The molecule has 4 nitrogen and oxygen atoms in total. The Balaban J connectivity index is 2.43. The summed E-state index contributed by atoms with van der Waals surface area (Å²) in [7, 11) is 2.16. The average Bonchev–Trinajstić information content (AvgIpc) is 2.23. The Morgan fingerprint density at radius 1 is 1.56 bits per heavy atom. The third kappa shape index (κ3) is 3.76. The molecule has 4 heteroatoms. The van der Waals surface area contributed by atoms with Gasteiger partial charge in [0.2, 0.25) is 0 Å². The molecule has 2 atom stereocenters. The molecular weight excluding hydrogens is 204 g/mol. The Bertz CT molecular complexity index is 233. The van der Waals surface area contributed by atoms with Gasteiger partial charge in [0, 0.05) is 18.6 Å². The maximum absolute atomic E-state index is 10.6. The van der Waals surface area contributed by atoms with Gasteiger partial charge in [-0.25, -0.2) is 0 Å².